The third kappa shape index (κ3) is 4.10. The molecular formula is C22H20N8O4S. The van der Waals surface area contributed by atoms with E-state index in [1.54, 1.807) is 13.0 Å². The number of nitrogens with zero attached hydrogens (tertiary/aromatic N) is 7. The van der Waals surface area contributed by atoms with Gasteiger partial charge in [-0.25, -0.2) is 24.7 Å². The van der Waals surface area contributed by atoms with Crippen molar-refractivity contribution >= 4 is 46.2 Å². The van der Waals surface area contributed by atoms with Crippen LogP contribution in [0.2, 0.25) is 0 Å². The summed E-state index contributed by atoms with van der Waals surface area (Å²) in [7, 11) is 0. The number of pyridine rings is 2. The molecule has 2 N–H and O–H groups in total. The number of aromatic carboxylic acids is 1. The van der Waals surface area contributed by atoms with Crippen molar-refractivity contribution in [2.45, 2.75) is 20.8 Å². The second-order valence-corrected chi connectivity index (χ2v) is 9.09. The maximum atomic E-state index is 12.9. The van der Waals surface area contributed by atoms with E-state index in [-0.39, 0.29) is 34.4 Å². The van der Waals surface area contributed by atoms with Gasteiger partial charge >= 0.3 is 5.97 Å². The van der Waals surface area contributed by atoms with E-state index >= 15 is 0 Å². The monoisotopic (exact) mass is 492 g/mol. The first kappa shape index (κ1) is 22.5. The number of hydrogen-bond acceptors (Lipinski definition) is 10. The van der Waals surface area contributed by atoms with Gasteiger partial charge in [0, 0.05) is 42.2 Å². The molecule has 35 heavy (non-hydrogen) atoms. The molecular weight excluding hydrogens is 472 g/mol. The molecule has 1 saturated heterocycles. The zero-order valence-electron chi connectivity index (χ0n) is 19.0. The van der Waals surface area contributed by atoms with Crippen LogP contribution in [0, 0.1) is 26.7 Å². The molecule has 1 amide bonds. The average Bonchev–Trinajstić information content (AvgIpc) is 3.26. The number of carboxylic acid groups (broad SMARTS) is 1. The van der Waals surface area contributed by atoms with Crippen molar-refractivity contribution in [2.75, 3.05) is 23.3 Å². The summed E-state index contributed by atoms with van der Waals surface area (Å²) in [4.78, 5) is 56.5. The summed E-state index contributed by atoms with van der Waals surface area (Å²) in [5.74, 6) is -0.941. The highest BCUT2D eigenvalue weighted by Gasteiger charge is 2.34. The van der Waals surface area contributed by atoms with Crippen molar-refractivity contribution in [2.24, 2.45) is 5.92 Å². The number of nitrogens with one attached hydrogen (secondary N) is 1. The highest BCUT2D eigenvalue weighted by atomic mass is 32.1. The quantitative estimate of drug-likeness (QED) is 0.420. The van der Waals surface area contributed by atoms with Crippen molar-refractivity contribution in [3.8, 4) is 5.13 Å². The van der Waals surface area contributed by atoms with Crippen LogP contribution in [0.4, 0.5) is 11.8 Å². The molecule has 12 nitrogen and oxygen atoms in total. The molecule has 0 saturated carbocycles. The minimum Gasteiger partial charge on any atom is -0.477 e. The maximum absolute atomic E-state index is 12.9. The molecule has 0 bridgehead atoms. The summed E-state index contributed by atoms with van der Waals surface area (Å²) in [6.07, 6.45) is 2.57. The molecule has 178 valence electrons. The van der Waals surface area contributed by atoms with Crippen LogP contribution in [-0.4, -0.2) is 58.9 Å². The first-order valence-corrected chi connectivity index (χ1v) is 11.4. The lowest BCUT2D eigenvalue weighted by Gasteiger charge is -2.39. The normalized spacial score (nSPS) is 13.6. The van der Waals surface area contributed by atoms with E-state index in [2.05, 4.69) is 29.6 Å². The SMILES string of the molecule is Cc1cc(C)nc(NC(=O)C2CN(c3cc(C)c4c(=O)c(C(=O)O)cn(-c5ncns5)c4n3)C2)n1. The van der Waals surface area contributed by atoms with Crippen LogP contribution in [0.1, 0.15) is 27.3 Å². The molecule has 0 aromatic carbocycles. The fraction of sp³-hybridized carbons (Fsp3) is 0.273. The number of anilines is 2. The minimum atomic E-state index is -1.33. The zero-order chi connectivity index (χ0) is 24.9. The Bertz CT molecular complexity index is 1520. The second-order valence-electron chi connectivity index (χ2n) is 8.33. The van der Waals surface area contributed by atoms with E-state index in [1.807, 2.05) is 24.8 Å². The smallest absolute Gasteiger partial charge is 0.341 e. The second kappa shape index (κ2) is 8.51. The third-order valence-electron chi connectivity index (χ3n) is 5.72. The van der Waals surface area contributed by atoms with Gasteiger partial charge in [-0.1, -0.05) is 0 Å². The summed E-state index contributed by atoms with van der Waals surface area (Å²) >= 11 is 1.05. The number of aryl methyl sites for hydroxylation is 3. The van der Waals surface area contributed by atoms with Gasteiger partial charge in [0.15, 0.2) is 5.65 Å². The Hall–Kier alpha value is -4.26. The van der Waals surface area contributed by atoms with Gasteiger partial charge in [0.1, 0.15) is 17.7 Å². The molecule has 13 heteroatoms. The largest absolute Gasteiger partial charge is 0.477 e. The fourth-order valence-corrected chi connectivity index (χ4v) is 4.55. The lowest BCUT2D eigenvalue weighted by Crippen LogP contribution is -2.52. The van der Waals surface area contributed by atoms with Crippen LogP contribution in [-0.2, 0) is 4.79 Å². The highest BCUT2D eigenvalue weighted by molar-refractivity contribution is 7.08. The Kier molecular flexibility index (Phi) is 5.47. The summed E-state index contributed by atoms with van der Waals surface area (Å²) in [6.45, 7) is 6.25. The van der Waals surface area contributed by atoms with Crippen molar-refractivity contribution in [3.63, 3.8) is 0 Å². The van der Waals surface area contributed by atoms with Crippen molar-refractivity contribution < 1.29 is 14.7 Å². The number of carbonyl (C=O) groups is 2. The molecule has 0 aliphatic carbocycles. The van der Waals surface area contributed by atoms with Gasteiger partial charge in [0.2, 0.25) is 22.4 Å². The van der Waals surface area contributed by atoms with Crippen LogP contribution in [0.25, 0.3) is 16.2 Å². The molecule has 1 aliphatic heterocycles. The van der Waals surface area contributed by atoms with Crippen LogP contribution >= 0.6 is 11.5 Å². The van der Waals surface area contributed by atoms with Gasteiger partial charge in [0.25, 0.3) is 0 Å². The molecule has 4 aromatic heterocycles. The molecule has 0 spiro atoms. The summed E-state index contributed by atoms with van der Waals surface area (Å²) in [6, 6.07) is 3.55. The Morgan fingerprint density at radius 2 is 1.83 bits per heavy atom. The van der Waals surface area contributed by atoms with E-state index in [9.17, 15) is 19.5 Å². The van der Waals surface area contributed by atoms with Gasteiger partial charge in [-0.2, -0.15) is 4.37 Å². The van der Waals surface area contributed by atoms with E-state index in [0.29, 0.717) is 29.6 Å². The predicted molar refractivity (Wildman–Crippen MR) is 128 cm³/mol. The molecule has 5 rings (SSSR count). The summed E-state index contributed by atoms with van der Waals surface area (Å²) in [5.41, 5.74) is 1.41. The Balaban J connectivity index is 1.45. The number of carbonyl (C=O) groups excluding carboxylic acids is 1. The summed E-state index contributed by atoms with van der Waals surface area (Å²) in [5, 5.41) is 12.9. The average molecular weight is 493 g/mol. The van der Waals surface area contributed by atoms with Crippen LogP contribution in [0.5, 0.6) is 0 Å². The Labute approximate surface area is 202 Å². The van der Waals surface area contributed by atoms with Gasteiger partial charge in [-0.15, -0.1) is 0 Å². The van der Waals surface area contributed by atoms with Gasteiger partial charge in [-0.05, 0) is 38.5 Å². The van der Waals surface area contributed by atoms with Gasteiger partial charge < -0.3 is 10.0 Å². The van der Waals surface area contributed by atoms with E-state index < -0.39 is 11.4 Å². The van der Waals surface area contributed by atoms with Crippen LogP contribution < -0.4 is 15.6 Å². The first-order chi connectivity index (χ1) is 16.7. The molecule has 1 aliphatic rings. The predicted octanol–water partition coefficient (Wildman–Crippen LogP) is 1.73. The van der Waals surface area contributed by atoms with E-state index in [1.165, 1.54) is 17.1 Å². The van der Waals surface area contributed by atoms with Crippen LogP contribution in [0.15, 0.2) is 29.5 Å². The lowest BCUT2D eigenvalue weighted by atomic mass is 9.98. The molecule has 0 atom stereocenters. The number of fused-ring (bicyclic) bond motifs is 1. The van der Waals surface area contributed by atoms with Crippen molar-refractivity contribution in [3.05, 3.63) is 57.4 Å². The number of rotatable bonds is 5. The number of carboxylic acids is 1. The lowest BCUT2D eigenvalue weighted by molar-refractivity contribution is -0.120. The Morgan fingerprint density at radius 3 is 2.46 bits per heavy atom. The first-order valence-electron chi connectivity index (χ1n) is 10.7. The van der Waals surface area contributed by atoms with Gasteiger partial charge in [0.05, 0.1) is 11.3 Å². The highest BCUT2D eigenvalue weighted by Crippen LogP contribution is 2.28. The maximum Gasteiger partial charge on any atom is 0.341 e. The van der Waals surface area contributed by atoms with Gasteiger partial charge in [-0.3, -0.25) is 19.5 Å². The molecule has 0 unspecified atom stereocenters. The topological polar surface area (TPSA) is 156 Å². The molecule has 1 fully saturated rings. The zero-order valence-corrected chi connectivity index (χ0v) is 19.8. The fourth-order valence-electron chi connectivity index (χ4n) is 4.04. The van der Waals surface area contributed by atoms with E-state index in [0.717, 1.165) is 22.9 Å². The van der Waals surface area contributed by atoms with Crippen molar-refractivity contribution in [1.82, 2.24) is 28.9 Å². The molecule has 4 aromatic rings. The Morgan fingerprint density at radius 1 is 1.11 bits per heavy atom. The molecule has 5 heterocycles. The number of amides is 1. The standard InChI is InChI=1S/C22H20N8O4S/c1-10-4-15(29-6-13(7-29)19(32)28-21-25-11(2)5-12(3)26-21)27-18-16(10)17(31)14(20(33)34)8-30(18)22-23-9-24-35-22/h4-5,8-9,13H,6-7H2,1-3H3,(H,33,34)(H,25,26,28,32). The number of hydrogen-bond donors (Lipinski definition) is 2. The van der Waals surface area contributed by atoms with Crippen LogP contribution in [0.3, 0.4) is 0 Å². The third-order valence-corrected chi connectivity index (χ3v) is 6.39. The van der Waals surface area contributed by atoms with E-state index in [4.69, 9.17) is 0 Å². The van der Waals surface area contributed by atoms with Crippen molar-refractivity contribution in [1.29, 1.82) is 0 Å². The number of aromatic nitrogens is 6. The summed E-state index contributed by atoms with van der Waals surface area (Å²) < 4.78 is 5.44. The molecule has 0 radical (unpaired) electrons. The minimum absolute atomic E-state index is 0.180.